The van der Waals surface area contributed by atoms with Crippen molar-refractivity contribution in [3.05, 3.63) is 64.4 Å². The molecule has 0 saturated carbocycles. The zero-order valence-corrected chi connectivity index (χ0v) is 18.5. The third-order valence-corrected chi connectivity index (χ3v) is 6.57. The number of carbonyl (C=O) groups is 1. The zero-order valence-electron chi connectivity index (χ0n) is 17.7. The molecule has 1 saturated heterocycles. The third kappa shape index (κ3) is 4.15. The van der Waals surface area contributed by atoms with Crippen molar-refractivity contribution >= 4 is 28.6 Å². The number of hydrogen-bond acceptors (Lipinski definition) is 4. The molecule has 0 radical (unpaired) electrons. The summed E-state index contributed by atoms with van der Waals surface area (Å²) in [5.41, 5.74) is 2.34. The number of carbonyl (C=O) groups excluding carboxylic acids is 1. The van der Waals surface area contributed by atoms with E-state index in [0.717, 1.165) is 30.8 Å². The summed E-state index contributed by atoms with van der Waals surface area (Å²) in [5.74, 6) is 1.42. The Bertz CT molecular complexity index is 1130. The van der Waals surface area contributed by atoms with E-state index in [1.807, 2.05) is 54.3 Å². The first kappa shape index (κ1) is 20.7. The number of benzene rings is 2. The number of fused-ring (bicyclic) bond motifs is 1. The average molecular weight is 422 g/mol. The summed E-state index contributed by atoms with van der Waals surface area (Å²) in [4.78, 5) is 33.0. The Kier molecular flexibility index (Phi) is 5.95. The second-order valence-corrected chi connectivity index (χ2v) is 9.31. The van der Waals surface area contributed by atoms with Crippen LogP contribution in [0.1, 0.15) is 25.8 Å². The van der Waals surface area contributed by atoms with Crippen molar-refractivity contribution < 1.29 is 4.79 Å². The normalized spacial score (nSPS) is 19.2. The number of piperidine rings is 1. The van der Waals surface area contributed by atoms with Crippen LogP contribution in [0.3, 0.4) is 0 Å². The first-order valence-corrected chi connectivity index (χ1v) is 11.4. The molecule has 6 heteroatoms. The highest BCUT2D eigenvalue weighted by Crippen LogP contribution is 2.25. The molecule has 2 heterocycles. The van der Waals surface area contributed by atoms with Gasteiger partial charge in [0.1, 0.15) is 0 Å². The van der Waals surface area contributed by atoms with Crippen molar-refractivity contribution in [2.24, 2.45) is 11.8 Å². The Balaban J connectivity index is 1.69. The van der Waals surface area contributed by atoms with Crippen LogP contribution < -0.4 is 5.56 Å². The van der Waals surface area contributed by atoms with Gasteiger partial charge in [0.05, 0.1) is 22.3 Å². The molecule has 0 N–H and O–H groups in total. The van der Waals surface area contributed by atoms with Crippen LogP contribution >= 0.6 is 11.8 Å². The lowest BCUT2D eigenvalue weighted by Gasteiger charge is -2.35. The molecule has 156 valence electrons. The molecule has 1 fully saturated rings. The second-order valence-electron chi connectivity index (χ2n) is 8.37. The molecule has 2 aromatic carbocycles. The lowest BCUT2D eigenvalue weighted by Crippen LogP contribution is -2.43. The Morgan fingerprint density at radius 3 is 2.47 bits per heavy atom. The number of hydrogen-bond donors (Lipinski definition) is 0. The number of aryl methyl sites for hydroxylation is 1. The Labute approximate surface area is 181 Å². The number of para-hydroxylation sites is 2. The van der Waals surface area contributed by atoms with Gasteiger partial charge in [0.2, 0.25) is 5.91 Å². The van der Waals surface area contributed by atoms with Crippen molar-refractivity contribution in [3.8, 4) is 5.69 Å². The van der Waals surface area contributed by atoms with Crippen LogP contribution in [0.25, 0.3) is 16.6 Å². The quantitative estimate of drug-likeness (QED) is 0.466. The maximum Gasteiger partial charge on any atom is 0.266 e. The predicted octanol–water partition coefficient (Wildman–Crippen LogP) is 4.29. The predicted molar refractivity (Wildman–Crippen MR) is 122 cm³/mol. The highest BCUT2D eigenvalue weighted by atomic mass is 32.2. The fourth-order valence-corrected chi connectivity index (χ4v) is 5.23. The van der Waals surface area contributed by atoms with Crippen LogP contribution in [-0.2, 0) is 4.79 Å². The van der Waals surface area contributed by atoms with E-state index < -0.39 is 0 Å². The molecule has 3 aromatic rings. The van der Waals surface area contributed by atoms with Crippen molar-refractivity contribution in [3.63, 3.8) is 0 Å². The molecular formula is C24H27N3O2S. The van der Waals surface area contributed by atoms with Crippen molar-refractivity contribution in [2.75, 3.05) is 18.8 Å². The smallest absolute Gasteiger partial charge is 0.266 e. The molecule has 0 bridgehead atoms. The fraction of sp³-hybridized carbons (Fsp3) is 0.375. The van der Waals surface area contributed by atoms with E-state index in [9.17, 15) is 9.59 Å². The molecule has 4 rings (SSSR count). The molecule has 1 amide bonds. The third-order valence-electron chi connectivity index (χ3n) is 5.65. The number of aromatic nitrogens is 2. The lowest BCUT2D eigenvalue weighted by molar-refractivity contribution is -0.130. The Morgan fingerprint density at radius 1 is 1.07 bits per heavy atom. The average Bonchev–Trinajstić information content (AvgIpc) is 2.72. The minimum atomic E-state index is -0.106. The topological polar surface area (TPSA) is 55.2 Å². The van der Waals surface area contributed by atoms with Gasteiger partial charge in [0.25, 0.3) is 5.56 Å². The molecule has 5 nitrogen and oxygen atoms in total. The monoisotopic (exact) mass is 421 g/mol. The van der Waals surface area contributed by atoms with Gasteiger partial charge >= 0.3 is 0 Å². The fourth-order valence-electron chi connectivity index (χ4n) is 4.32. The van der Waals surface area contributed by atoms with E-state index in [-0.39, 0.29) is 17.2 Å². The van der Waals surface area contributed by atoms with Crippen molar-refractivity contribution in [1.82, 2.24) is 14.5 Å². The van der Waals surface area contributed by atoms with Gasteiger partial charge in [0.15, 0.2) is 5.16 Å². The largest absolute Gasteiger partial charge is 0.341 e. The van der Waals surface area contributed by atoms with E-state index in [1.165, 1.54) is 11.8 Å². The van der Waals surface area contributed by atoms with E-state index >= 15 is 0 Å². The minimum Gasteiger partial charge on any atom is -0.341 e. The van der Waals surface area contributed by atoms with Gasteiger partial charge in [-0.25, -0.2) is 4.98 Å². The van der Waals surface area contributed by atoms with Gasteiger partial charge < -0.3 is 4.90 Å². The van der Waals surface area contributed by atoms with Crippen molar-refractivity contribution in [1.29, 1.82) is 0 Å². The zero-order chi connectivity index (χ0) is 21.3. The Morgan fingerprint density at radius 2 is 1.73 bits per heavy atom. The molecule has 1 aromatic heterocycles. The highest BCUT2D eigenvalue weighted by Gasteiger charge is 2.26. The summed E-state index contributed by atoms with van der Waals surface area (Å²) in [7, 11) is 0. The highest BCUT2D eigenvalue weighted by molar-refractivity contribution is 7.99. The number of thioether (sulfide) groups is 1. The van der Waals surface area contributed by atoms with Gasteiger partial charge in [-0.05, 0) is 48.9 Å². The summed E-state index contributed by atoms with van der Waals surface area (Å²) >= 11 is 1.34. The molecule has 0 spiro atoms. The molecule has 1 aliphatic rings. The maximum absolute atomic E-state index is 13.3. The molecule has 0 unspecified atom stereocenters. The second kappa shape index (κ2) is 8.64. The SMILES string of the molecule is Cc1ccccc1-n1c(SCC(=O)N2C[C@@H](C)C[C@H](C)C2)nc2ccccc2c1=O. The van der Waals surface area contributed by atoms with E-state index in [0.29, 0.717) is 27.9 Å². The minimum absolute atomic E-state index is 0.106. The number of rotatable bonds is 4. The van der Waals surface area contributed by atoms with Crippen LogP contribution in [0, 0.1) is 18.8 Å². The van der Waals surface area contributed by atoms with E-state index in [1.54, 1.807) is 10.6 Å². The van der Waals surface area contributed by atoms with E-state index in [4.69, 9.17) is 4.98 Å². The van der Waals surface area contributed by atoms with Crippen molar-refractivity contribution in [2.45, 2.75) is 32.3 Å². The molecular weight excluding hydrogens is 394 g/mol. The molecule has 2 atom stereocenters. The molecule has 1 aliphatic heterocycles. The summed E-state index contributed by atoms with van der Waals surface area (Å²) in [5, 5.41) is 1.13. The van der Waals surface area contributed by atoms with Crippen LogP contribution in [0.2, 0.25) is 0 Å². The first-order chi connectivity index (χ1) is 14.4. The van der Waals surface area contributed by atoms with Gasteiger partial charge in [-0.15, -0.1) is 0 Å². The summed E-state index contributed by atoms with van der Waals surface area (Å²) in [6.45, 7) is 7.99. The summed E-state index contributed by atoms with van der Waals surface area (Å²) < 4.78 is 1.65. The standard InChI is InChI=1S/C24H27N3O2S/c1-16-12-17(2)14-26(13-16)22(28)15-30-24-25-20-10-6-5-9-19(20)23(29)27(24)21-11-7-4-8-18(21)3/h4-11,16-17H,12-15H2,1-3H3/t16-,17-/m0/s1. The number of likely N-dealkylation sites (tertiary alicyclic amines) is 1. The van der Waals surface area contributed by atoms with Gasteiger partial charge in [0, 0.05) is 13.1 Å². The van der Waals surface area contributed by atoms with Crippen LogP contribution in [0.5, 0.6) is 0 Å². The molecule has 30 heavy (non-hydrogen) atoms. The van der Waals surface area contributed by atoms with Crippen LogP contribution in [-0.4, -0.2) is 39.2 Å². The first-order valence-electron chi connectivity index (χ1n) is 10.4. The number of amides is 1. The maximum atomic E-state index is 13.3. The summed E-state index contributed by atoms with van der Waals surface area (Å²) in [6, 6.07) is 15.1. The number of nitrogens with zero attached hydrogens (tertiary/aromatic N) is 3. The van der Waals surface area contributed by atoms with Crippen LogP contribution in [0.15, 0.2) is 58.5 Å². The van der Waals surface area contributed by atoms with E-state index in [2.05, 4.69) is 13.8 Å². The summed E-state index contributed by atoms with van der Waals surface area (Å²) in [6.07, 6.45) is 1.16. The molecule has 0 aliphatic carbocycles. The van der Waals surface area contributed by atoms with Gasteiger partial charge in [-0.2, -0.15) is 0 Å². The lowest BCUT2D eigenvalue weighted by atomic mass is 9.92. The van der Waals surface area contributed by atoms with Gasteiger partial charge in [-0.1, -0.05) is 55.9 Å². The Hall–Kier alpha value is -2.60. The van der Waals surface area contributed by atoms with Gasteiger partial charge in [-0.3, -0.25) is 14.2 Å². The van der Waals surface area contributed by atoms with Crippen LogP contribution in [0.4, 0.5) is 0 Å².